The Morgan fingerprint density at radius 1 is 1.28 bits per heavy atom. The van der Waals surface area contributed by atoms with E-state index in [-0.39, 0.29) is 11.8 Å². The first-order valence-electron chi connectivity index (χ1n) is 9.00. The fourth-order valence-corrected chi connectivity index (χ4v) is 3.49. The number of piperidine rings is 1. The van der Waals surface area contributed by atoms with Gasteiger partial charge in [0.1, 0.15) is 0 Å². The number of nitrogens with zero attached hydrogens (tertiary/aromatic N) is 4. The van der Waals surface area contributed by atoms with Crippen molar-refractivity contribution >= 4 is 17.5 Å². The molecule has 132 valence electrons. The highest BCUT2D eigenvalue weighted by molar-refractivity contribution is 5.96. The third-order valence-electron chi connectivity index (χ3n) is 4.84. The minimum absolute atomic E-state index is 0.0163. The molecule has 0 aliphatic carbocycles. The van der Waals surface area contributed by atoms with Crippen LogP contribution in [-0.2, 0) is 4.79 Å². The van der Waals surface area contributed by atoms with Crippen LogP contribution in [0.15, 0.2) is 36.7 Å². The quantitative estimate of drug-likeness (QED) is 0.858. The van der Waals surface area contributed by atoms with E-state index in [0.29, 0.717) is 13.1 Å². The Morgan fingerprint density at radius 3 is 2.76 bits per heavy atom. The van der Waals surface area contributed by atoms with Gasteiger partial charge in [-0.2, -0.15) is 0 Å². The van der Waals surface area contributed by atoms with Crippen molar-refractivity contribution < 1.29 is 4.79 Å². The number of aryl methyl sites for hydroxylation is 2. The highest BCUT2D eigenvalue weighted by atomic mass is 16.2. The molecule has 0 spiro atoms. The number of benzene rings is 1. The maximum absolute atomic E-state index is 13.2. The predicted molar refractivity (Wildman–Crippen MR) is 101 cm³/mol. The van der Waals surface area contributed by atoms with Gasteiger partial charge in [0, 0.05) is 37.7 Å². The summed E-state index contributed by atoms with van der Waals surface area (Å²) < 4.78 is 0. The third-order valence-corrected chi connectivity index (χ3v) is 4.84. The number of amides is 1. The topological polar surface area (TPSA) is 49.3 Å². The van der Waals surface area contributed by atoms with Gasteiger partial charge in [0.2, 0.25) is 11.9 Å². The van der Waals surface area contributed by atoms with Crippen LogP contribution in [0.3, 0.4) is 0 Å². The lowest BCUT2D eigenvalue weighted by Crippen LogP contribution is -2.45. The number of anilines is 2. The van der Waals surface area contributed by atoms with Crippen molar-refractivity contribution in [1.29, 1.82) is 0 Å². The molecule has 1 amide bonds. The number of carbonyl (C=O) groups is 1. The smallest absolute Gasteiger partial charge is 0.231 e. The molecule has 1 saturated heterocycles. The summed E-state index contributed by atoms with van der Waals surface area (Å²) in [6.07, 6.45) is 5.41. The predicted octanol–water partition coefficient (Wildman–Crippen LogP) is 3.36. The largest absolute Gasteiger partial charge is 0.340 e. The first kappa shape index (κ1) is 17.4. The zero-order valence-electron chi connectivity index (χ0n) is 15.3. The van der Waals surface area contributed by atoms with E-state index in [1.165, 1.54) is 5.56 Å². The first-order valence-corrected chi connectivity index (χ1v) is 9.00. The summed E-state index contributed by atoms with van der Waals surface area (Å²) in [4.78, 5) is 26.0. The maximum atomic E-state index is 13.2. The normalized spacial score (nSPS) is 17.4. The third kappa shape index (κ3) is 3.81. The van der Waals surface area contributed by atoms with E-state index in [9.17, 15) is 4.79 Å². The SMILES string of the molecule is CCN(C(=O)C1CCCN(c2ncccn2)C1)c1cc(C)ccc1C. The van der Waals surface area contributed by atoms with Gasteiger partial charge in [-0.25, -0.2) is 9.97 Å². The van der Waals surface area contributed by atoms with Gasteiger partial charge < -0.3 is 9.80 Å². The molecule has 1 fully saturated rings. The molecule has 0 saturated carbocycles. The van der Waals surface area contributed by atoms with Crippen LogP contribution in [0.1, 0.15) is 30.9 Å². The average molecular weight is 338 g/mol. The number of rotatable bonds is 4. The van der Waals surface area contributed by atoms with Gasteiger partial charge in [-0.1, -0.05) is 12.1 Å². The van der Waals surface area contributed by atoms with Crippen molar-refractivity contribution in [2.45, 2.75) is 33.6 Å². The Morgan fingerprint density at radius 2 is 2.04 bits per heavy atom. The summed E-state index contributed by atoms with van der Waals surface area (Å²) in [6, 6.07) is 8.10. The molecule has 1 aromatic heterocycles. The summed E-state index contributed by atoms with van der Waals surface area (Å²) in [5.74, 6) is 0.907. The molecule has 5 nitrogen and oxygen atoms in total. The molecule has 3 rings (SSSR count). The van der Waals surface area contributed by atoms with Crippen LogP contribution in [0.5, 0.6) is 0 Å². The summed E-state index contributed by atoms with van der Waals surface area (Å²) in [6.45, 7) is 8.45. The van der Waals surface area contributed by atoms with Gasteiger partial charge >= 0.3 is 0 Å². The Bertz CT molecular complexity index is 732. The first-order chi connectivity index (χ1) is 12.1. The van der Waals surface area contributed by atoms with Crippen molar-refractivity contribution in [1.82, 2.24) is 9.97 Å². The van der Waals surface area contributed by atoms with E-state index in [1.54, 1.807) is 12.4 Å². The van der Waals surface area contributed by atoms with Gasteiger partial charge in [0.05, 0.1) is 5.92 Å². The van der Waals surface area contributed by atoms with Crippen LogP contribution >= 0.6 is 0 Å². The standard InChI is InChI=1S/C20H26N4O/c1-4-24(18-13-15(2)8-9-16(18)3)19(25)17-7-5-12-23(14-17)20-21-10-6-11-22-20/h6,8-11,13,17H,4-5,7,12,14H2,1-3H3. The number of hydrogen-bond donors (Lipinski definition) is 0. The summed E-state index contributed by atoms with van der Waals surface area (Å²) >= 11 is 0. The van der Waals surface area contributed by atoms with Gasteiger partial charge in [0.25, 0.3) is 0 Å². The Balaban J connectivity index is 1.79. The van der Waals surface area contributed by atoms with E-state index in [2.05, 4.69) is 46.9 Å². The van der Waals surface area contributed by atoms with E-state index < -0.39 is 0 Å². The summed E-state index contributed by atoms with van der Waals surface area (Å²) in [7, 11) is 0. The van der Waals surface area contributed by atoms with Crippen molar-refractivity contribution in [3.05, 3.63) is 47.8 Å². The Hall–Kier alpha value is -2.43. The molecule has 1 atom stereocenters. The molecule has 0 radical (unpaired) electrons. The molecule has 2 aromatic rings. The van der Waals surface area contributed by atoms with Crippen molar-refractivity contribution in [2.24, 2.45) is 5.92 Å². The van der Waals surface area contributed by atoms with E-state index in [4.69, 9.17) is 0 Å². The van der Waals surface area contributed by atoms with E-state index in [1.807, 2.05) is 17.9 Å². The minimum atomic E-state index is -0.0163. The zero-order chi connectivity index (χ0) is 17.8. The van der Waals surface area contributed by atoms with Crippen LogP contribution in [0.25, 0.3) is 0 Å². The molecule has 1 aromatic carbocycles. The molecule has 0 bridgehead atoms. The Kier molecular flexibility index (Phi) is 5.31. The average Bonchev–Trinajstić information content (AvgIpc) is 2.66. The minimum Gasteiger partial charge on any atom is -0.340 e. The zero-order valence-corrected chi connectivity index (χ0v) is 15.3. The molecule has 5 heteroatoms. The number of hydrogen-bond acceptors (Lipinski definition) is 4. The fraction of sp³-hybridized carbons (Fsp3) is 0.450. The highest BCUT2D eigenvalue weighted by Gasteiger charge is 2.30. The monoisotopic (exact) mass is 338 g/mol. The Labute approximate surface area is 149 Å². The molecule has 25 heavy (non-hydrogen) atoms. The summed E-state index contributed by atoms with van der Waals surface area (Å²) in [5, 5.41) is 0. The second-order valence-electron chi connectivity index (χ2n) is 6.71. The van der Waals surface area contributed by atoms with E-state index in [0.717, 1.165) is 36.6 Å². The van der Waals surface area contributed by atoms with Crippen molar-refractivity contribution in [3.8, 4) is 0 Å². The lowest BCUT2D eigenvalue weighted by Gasteiger charge is -2.35. The molecular weight excluding hydrogens is 312 g/mol. The van der Waals surface area contributed by atoms with Crippen LogP contribution in [-0.4, -0.2) is 35.5 Å². The molecule has 1 aliphatic heterocycles. The lowest BCUT2D eigenvalue weighted by atomic mass is 9.96. The van der Waals surface area contributed by atoms with Crippen molar-refractivity contribution in [2.75, 3.05) is 29.4 Å². The second kappa shape index (κ2) is 7.64. The lowest BCUT2D eigenvalue weighted by molar-refractivity contribution is -0.122. The van der Waals surface area contributed by atoms with E-state index >= 15 is 0 Å². The maximum Gasteiger partial charge on any atom is 0.231 e. The van der Waals surface area contributed by atoms with Gasteiger partial charge in [-0.15, -0.1) is 0 Å². The van der Waals surface area contributed by atoms with Gasteiger partial charge in [0.15, 0.2) is 0 Å². The number of carbonyl (C=O) groups excluding carboxylic acids is 1. The molecule has 2 heterocycles. The van der Waals surface area contributed by atoms with Crippen molar-refractivity contribution in [3.63, 3.8) is 0 Å². The summed E-state index contributed by atoms with van der Waals surface area (Å²) in [5.41, 5.74) is 3.34. The molecular formula is C20H26N4O. The van der Waals surface area contributed by atoms with Crippen LogP contribution in [0, 0.1) is 19.8 Å². The molecule has 1 unspecified atom stereocenters. The number of aromatic nitrogens is 2. The highest BCUT2D eigenvalue weighted by Crippen LogP contribution is 2.27. The van der Waals surface area contributed by atoms with Gasteiger partial charge in [-0.3, -0.25) is 4.79 Å². The van der Waals surface area contributed by atoms with Crippen LogP contribution in [0.2, 0.25) is 0 Å². The molecule has 0 N–H and O–H groups in total. The fourth-order valence-electron chi connectivity index (χ4n) is 3.49. The van der Waals surface area contributed by atoms with Crippen LogP contribution in [0.4, 0.5) is 11.6 Å². The van der Waals surface area contributed by atoms with Gasteiger partial charge in [-0.05, 0) is 56.9 Å². The molecule has 1 aliphatic rings. The second-order valence-corrected chi connectivity index (χ2v) is 6.71. The van der Waals surface area contributed by atoms with Crippen LogP contribution < -0.4 is 9.80 Å².